The molecule has 0 radical (unpaired) electrons. The summed E-state index contributed by atoms with van der Waals surface area (Å²) in [6.07, 6.45) is -0.0291. The van der Waals surface area contributed by atoms with Crippen LogP contribution in [0.5, 0.6) is 0 Å². The highest BCUT2D eigenvalue weighted by Gasteiger charge is 2.71. The van der Waals surface area contributed by atoms with E-state index in [9.17, 15) is 26.3 Å². The fourth-order valence-corrected chi connectivity index (χ4v) is 6.53. The van der Waals surface area contributed by atoms with Crippen LogP contribution in [0.15, 0.2) is 0 Å². The minimum Gasteiger partial charge on any atom is -0.171 e. The molecule has 2 aliphatic carbocycles. The SMILES string of the molecule is CCCCCCCCC(C(F)(F)F)C(C1CCCCC1)(C1CCCCC1)C(F)(F)F. The van der Waals surface area contributed by atoms with Gasteiger partial charge in [-0.25, -0.2) is 0 Å². The van der Waals surface area contributed by atoms with Gasteiger partial charge >= 0.3 is 12.4 Å². The average molecular weight is 443 g/mol. The summed E-state index contributed by atoms with van der Waals surface area (Å²) in [6, 6.07) is 0. The van der Waals surface area contributed by atoms with Crippen molar-refractivity contribution in [1.29, 1.82) is 0 Å². The van der Waals surface area contributed by atoms with Gasteiger partial charge in [0.05, 0.1) is 11.3 Å². The first-order chi connectivity index (χ1) is 14.2. The van der Waals surface area contributed by atoms with E-state index >= 15 is 0 Å². The van der Waals surface area contributed by atoms with Crippen molar-refractivity contribution in [3.05, 3.63) is 0 Å². The van der Waals surface area contributed by atoms with Crippen LogP contribution in [0.3, 0.4) is 0 Å². The molecule has 2 rings (SSSR count). The van der Waals surface area contributed by atoms with Gasteiger partial charge in [-0.15, -0.1) is 0 Å². The highest BCUT2D eigenvalue weighted by Crippen LogP contribution is 2.65. The Balaban J connectivity index is 2.37. The Morgan fingerprint density at radius 1 is 0.633 bits per heavy atom. The minimum atomic E-state index is -4.82. The summed E-state index contributed by atoms with van der Waals surface area (Å²) in [5.41, 5.74) is -2.60. The molecule has 0 nitrogen and oxygen atoms in total. The highest BCUT2D eigenvalue weighted by molar-refractivity contribution is 5.05. The van der Waals surface area contributed by atoms with E-state index in [0.29, 0.717) is 57.8 Å². The summed E-state index contributed by atoms with van der Waals surface area (Å²) >= 11 is 0. The summed E-state index contributed by atoms with van der Waals surface area (Å²) in [6.45, 7) is 2.06. The predicted molar refractivity (Wildman–Crippen MR) is 109 cm³/mol. The Kier molecular flexibility index (Phi) is 9.86. The second-order valence-corrected chi connectivity index (χ2v) is 9.75. The molecule has 0 spiro atoms. The van der Waals surface area contributed by atoms with Crippen molar-refractivity contribution in [1.82, 2.24) is 0 Å². The Labute approximate surface area is 178 Å². The van der Waals surface area contributed by atoms with Gasteiger partial charge in [0.25, 0.3) is 0 Å². The van der Waals surface area contributed by atoms with Gasteiger partial charge < -0.3 is 0 Å². The van der Waals surface area contributed by atoms with Crippen LogP contribution in [-0.4, -0.2) is 12.4 Å². The van der Waals surface area contributed by atoms with Crippen molar-refractivity contribution in [3.8, 4) is 0 Å². The Morgan fingerprint density at radius 2 is 1.07 bits per heavy atom. The van der Waals surface area contributed by atoms with E-state index in [1.165, 1.54) is 0 Å². The van der Waals surface area contributed by atoms with Crippen molar-refractivity contribution in [3.63, 3.8) is 0 Å². The van der Waals surface area contributed by atoms with Crippen molar-refractivity contribution < 1.29 is 26.3 Å². The van der Waals surface area contributed by atoms with Crippen LogP contribution in [0.4, 0.5) is 26.3 Å². The first-order valence-electron chi connectivity index (χ1n) is 12.3. The van der Waals surface area contributed by atoms with E-state index in [0.717, 1.165) is 38.5 Å². The van der Waals surface area contributed by atoms with Gasteiger partial charge in [-0.1, -0.05) is 84.0 Å². The minimum absolute atomic E-state index is 0.241. The predicted octanol–water partition coefficient (Wildman–Crippen LogP) is 9.62. The maximum Gasteiger partial charge on any atom is 0.395 e. The molecule has 0 saturated heterocycles. The van der Waals surface area contributed by atoms with Gasteiger partial charge in [-0.3, -0.25) is 0 Å². The third-order valence-corrected chi connectivity index (χ3v) is 7.87. The summed E-state index contributed by atoms with van der Waals surface area (Å²) in [4.78, 5) is 0. The number of hydrogen-bond acceptors (Lipinski definition) is 0. The van der Waals surface area contributed by atoms with Gasteiger partial charge in [0, 0.05) is 0 Å². The molecule has 0 amide bonds. The van der Waals surface area contributed by atoms with E-state index in [4.69, 9.17) is 0 Å². The lowest BCUT2D eigenvalue weighted by Gasteiger charge is -2.54. The van der Waals surface area contributed by atoms with E-state index in [1.54, 1.807) is 0 Å². The number of halogens is 6. The maximum absolute atomic E-state index is 14.9. The zero-order valence-electron chi connectivity index (χ0n) is 18.5. The zero-order chi connectivity index (χ0) is 22.3. The van der Waals surface area contributed by atoms with E-state index in [1.807, 2.05) is 0 Å². The Bertz CT molecular complexity index is 451. The first-order valence-corrected chi connectivity index (χ1v) is 12.3. The van der Waals surface area contributed by atoms with Crippen molar-refractivity contribution in [2.24, 2.45) is 23.2 Å². The van der Waals surface area contributed by atoms with Crippen LogP contribution >= 0.6 is 0 Å². The van der Waals surface area contributed by atoms with Crippen LogP contribution in [0.1, 0.15) is 116 Å². The first kappa shape index (κ1) is 25.8. The number of rotatable bonds is 10. The van der Waals surface area contributed by atoms with Crippen molar-refractivity contribution in [2.75, 3.05) is 0 Å². The molecule has 0 N–H and O–H groups in total. The molecule has 0 aromatic heterocycles. The van der Waals surface area contributed by atoms with Gasteiger partial charge in [0.1, 0.15) is 0 Å². The van der Waals surface area contributed by atoms with Crippen molar-refractivity contribution in [2.45, 2.75) is 128 Å². The maximum atomic E-state index is 14.9. The molecule has 6 heteroatoms. The molecule has 1 atom stereocenters. The molecule has 0 aromatic rings. The monoisotopic (exact) mass is 442 g/mol. The summed E-state index contributed by atoms with van der Waals surface area (Å²) in [5, 5.41) is 0. The van der Waals surface area contributed by atoms with Crippen LogP contribution in [0.25, 0.3) is 0 Å². The third kappa shape index (κ3) is 6.09. The molecule has 30 heavy (non-hydrogen) atoms. The largest absolute Gasteiger partial charge is 0.395 e. The average Bonchev–Trinajstić information content (AvgIpc) is 2.69. The van der Waals surface area contributed by atoms with Gasteiger partial charge in [-0.05, 0) is 43.9 Å². The van der Waals surface area contributed by atoms with Crippen LogP contribution in [-0.2, 0) is 0 Å². The van der Waals surface area contributed by atoms with Gasteiger partial charge in [-0.2, -0.15) is 26.3 Å². The quantitative estimate of drug-likeness (QED) is 0.233. The standard InChI is InChI=1S/C24H40F6/c1-2-3-4-5-6-13-18-21(23(25,26)27)22(24(28,29)30,19-14-9-7-10-15-19)20-16-11-8-12-17-20/h19-21H,2-18H2,1H3. The molecule has 178 valence electrons. The molecular formula is C24H40F6. The molecule has 2 fully saturated rings. The summed E-state index contributed by atoms with van der Waals surface area (Å²) < 4.78 is 87.9. The summed E-state index contributed by atoms with van der Waals surface area (Å²) in [7, 11) is 0. The van der Waals surface area contributed by atoms with Crippen LogP contribution in [0, 0.1) is 23.2 Å². The number of hydrogen-bond donors (Lipinski definition) is 0. The molecule has 0 aliphatic heterocycles. The fraction of sp³-hybridized carbons (Fsp3) is 1.00. The third-order valence-electron chi connectivity index (χ3n) is 7.87. The second-order valence-electron chi connectivity index (χ2n) is 9.75. The lowest BCUT2D eigenvalue weighted by Crippen LogP contribution is -2.59. The smallest absolute Gasteiger partial charge is 0.171 e. The molecule has 0 aromatic carbocycles. The Hall–Kier alpha value is -0.420. The van der Waals surface area contributed by atoms with Crippen molar-refractivity contribution >= 4 is 0 Å². The lowest BCUT2D eigenvalue weighted by atomic mass is 9.52. The van der Waals surface area contributed by atoms with Crippen LogP contribution in [0.2, 0.25) is 0 Å². The molecular weight excluding hydrogens is 402 g/mol. The zero-order valence-corrected chi connectivity index (χ0v) is 18.5. The van der Waals surface area contributed by atoms with E-state index in [-0.39, 0.29) is 12.8 Å². The number of alkyl halides is 6. The second kappa shape index (κ2) is 11.4. The fourth-order valence-electron chi connectivity index (χ4n) is 6.53. The van der Waals surface area contributed by atoms with E-state index < -0.39 is 35.5 Å². The topological polar surface area (TPSA) is 0 Å². The van der Waals surface area contributed by atoms with Gasteiger partial charge in [0.2, 0.25) is 0 Å². The molecule has 2 saturated carbocycles. The lowest BCUT2D eigenvalue weighted by molar-refractivity contribution is -0.338. The molecule has 0 heterocycles. The van der Waals surface area contributed by atoms with Gasteiger partial charge in [0.15, 0.2) is 0 Å². The van der Waals surface area contributed by atoms with Crippen LogP contribution < -0.4 is 0 Å². The Morgan fingerprint density at radius 3 is 1.47 bits per heavy atom. The number of unbranched alkanes of at least 4 members (excludes halogenated alkanes) is 5. The molecule has 0 bridgehead atoms. The molecule has 1 unspecified atom stereocenters. The molecule has 2 aliphatic rings. The normalized spacial score (nSPS) is 21.7. The highest BCUT2D eigenvalue weighted by atomic mass is 19.4. The summed E-state index contributed by atoms with van der Waals surface area (Å²) in [5.74, 6) is -4.04. The van der Waals surface area contributed by atoms with E-state index in [2.05, 4.69) is 6.92 Å².